The molecule has 0 aliphatic heterocycles. The van der Waals surface area contributed by atoms with E-state index in [0.29, 0.717) is 0 Å². The van der Waals surface area contributed by atoms with Gasteiger partial charge in [0.2, 0.25) is 0 Å². The van der Waals surface area contributed by atoms with Gasteiger partial charge in [-0.2, -0.15) is 12.6 Å². The zero-order chi connectivity index (χ0) is 14.5. The Bertz CT molecular complexity index is 690. The van der Waals surface area contributed by atoms with E-state index in [4.69, 9.17) is 12.6 Å². The highest BCUT2D eigenvalue weighted by atomic mass is 32.1. The Morgan fingerprint density at radius 2 is 1.33 bits per heavy atom. The van der Waals surface area contributed by atoms with Crippen molar-refractivity contribution in [1.29, 1.82) is 0 Å². The van der Waals surface area contributed by atoms with Gasteiger partial charge >= 0.3 is 0 Å². The Kier molecular flexibility index (Phi) is 3.96. The molecule has 0 saturated carbocycles. The van der Waals surface area contributed by atoms with Gasteiger partial charge in [-0.15, -0.1) is 5.73 Å². The van der Waals surface area contributed by atoms with E-state index in [0.717, 1.165) is 16.7 Å². The highest BCUT2D eigenvalue weighted by Crippen LogP contribution is 2.43. The van der Waals surface area contributed by atoms with Gasteiger partial charge in [0.15, 0.2) is 0 Å². The van der Waals surface area contributed by atoms with Crippen LogP contribution in [0.4, 0.5) is 0 Å². The fourth-order valence-electron chi connectivity index (χ4n) is 2.56. The quantitative estimate of drug-likeness (QED) is 0.592. The van der Waals surface area contributed by atoms with E-state index >= 15 is 0 Å². The van der Waals surface area contributed by atoms with Crippen molar-refractivity contribution < 1.29 is 0 Å². The number of thiol groups is 1. The largest absolute Gasteiger partial charge is 0.158 e. The molecule has 0 fully saturated rings. The fraction of sp³-hybridized carbons (Fsp3) is 0.0500. The minimum atomic E-state index is -0.477. The monoisotopic (exact) mass is 288 g/mol. The van der Waals surface area contributed by atoms with E-state index in [-0.39, 0.29) is 0 Å². The van der Waals surface area contributed by atoms with Crippen molar-refractivity contribution in [3.05, 3.63) is 113 Å². The second-order valence-corrected chi connectivity index (χ2v) is 5.59. The standard InChI is InChI=1S/C20H16S/c21-20(18-13-7-3-8-14-18,19-15-9-4-10-16-19)17-11-5-1-2-6-12-17/h1,3-16,21H. The van der Waals surface area contributed by atoms with Crippen molar-refractivity contribution >= 4 is 12.6 Å². The van der Waals surface area contributed by atoms with E-state index < -0.39 is 4.75 Å². The Morgan fingerprint density at radius 3 is 1.90 bits per heavy atom. The molecule has 0 spiro atoms. The second kappa shape index (κ2) is 6.05. The third kappa shape index (κ3) is 2.67. The predicted molar refractivity (Wildman–Crippen MR) is 92.5 cm³/mol. The van der Waals surface area contributed by atoms with E-state index in [1.807, 2.05) is 30.4 Å². The molecule has 0 amide bonds. The Balaban J connectivity index is 2.21. The summed E-state index contributed by atoms with van der Waals surface area (Å²) in [5.41, 5.74) is 6.55. The van der Waals surface area contributed by atoms with Gasteiger partial charge in [0.1, 0.15) is 0 Å². The molecule has 0 N–H and O–H groups in total. The zero-order valence-electron chi connectivity index (χ0n) is 11.6. The molecule has 2 aromatic carbocycles. The van der Waals surface area contributed by atoms with Crippen molar-refractivity contribution in [2.24, 2.45) is 0 Å². The van der Waals surface area contributed by atoms with Crippen LogP contribution >= 0.6 is 12.6 Å². The summed E-state index contributed by atoms with van der Waals surface area (Å²) < 4.78 is -0.477. The molecule has 1 heteroatoms. The van der Waals surface area contributed by atoms with Crippen LogP contribution < -0.4 is 0 Å². The lowest BCUT2D eigenvalue weighted by atomic mass is 9.83. The first-order valence-electron chi connectivity index (χ1n) is 6.95. The maximum Gasteiger partial charge on any atom is 0.0878 e. The molecule has 0 radical (unpaired) electrons. The van der Waals surface area contributed by atoms with Gasteiger partial charge in [0, 0.05) is 0 Å². The SMILES string of the molecule is SC(C1=CC=C=CC=C1)(c1ccccc1)c1ccccc1. The number of benzene rings is 2. The maximum absolute atomic E-state index is 5.11. The summed E-state index contributed by atoms with van der Waals surface area (Å²) in [5, 5.41) is 0. The van der Waals surface area contributed by atoms with Gasteiger partial charge in [0.25, 0.3) is 0 Å². The molecule has 0 saturated heterocycles. The molecule has 1 aliphatic carbocycles. The molecule has 102 valence electrons. The van der Waals surface area contributed by atoms with Crippen molar-refractivity contribution in [2.45, 2.75) is 4.75 Å². The molecule has 1 aliphatic rings. The van der Waals surface area contributed by atoms with Crippen LogP contribution in [0.2, 0.25) is 0 Å². The van der Waals surface area contributed by atoms with Gasteiger partial charge in [-0.3, -0.25) is 0 Å². The summed E-state index contributed by atoms with van der Waals surface area (Å²) in [5.74, 6) is 0. The normalized spacial score (nSPS) is 13.9. The third-order valence-electron chi connectivity index (χ3n) is 3.63. The summed E-state index contributed by atoms with van der Waals surface area (Å²) in [6.45, 7) is 0. The van der Waals surface area contributed by atoms with Crippen LogP contribution in [-0.2, 0) is 4.75 Å². The number of hydrogen-bond donors (Lipinski definition) is 1. The van der Waals surface area contributed by atoms with Gasteiger partial charge in [-0.05, 0) is 34.9 Å². The second-order valence-electron chi connectivity index (χ2n) is 4.92. The number of hydrogen-bond acceptors (Lipinski definition) is 1. The molecule has 2 aromatic rings. The van der Waals surface area contributed by atoms with Crippen LogP contribution in [-0.4, -0.2) is 0 Å². The van der Waals surface area contributed by atoms with Crippen LogP contribution in [0.5, 0.6) is 0 Å². The number of rotatable bonds is 3. The van der Waals surface area contributed by atoms with Crippen LogP contribution in [0.1, 0.15) is 11.1 Å². The molecule has 0 heterocycles. The van der Waals surface area contributed by atoms with Crippen LogP contribution in [0.25, 0.3) is 0 Å². The average Bonchev–Trinajstić information content (AvgIpc) is 2.85. The van der Waals surface area contributed by atoms with Gasteiger partial charge < -0.3 is 0 Å². The lowest BCUT2D eigenvalue weighted by Gasteiger charge is -2.31. The molecule has 0 unspecified atom stereocenters. The molecule has 0 atom stereocenters. The van der Waals surface area contributed by atoms with Gasteiger partial charge in [-0.1, -0.05) is 72.8 Å². The average molecular weight is 288 g/mol. The van der Waals surface area contributed by atoms with E-state index in [9.17, 15) is 0 Å². The molecule has 0 nitrogen and oxygen atoms in total. The lowest BCUT2D eigenvalue weighted by Crippen LogP contribution is -2.22. The van der Waals surface area contributed by atoms with E-state index in [2.05, 4.69) is 66.4 Å². The van der Waals surface area contributed by atoms with Crippen LogP contribution in [0.3, 0.4) is 0 Å². The summed E-state index contributed by atoms with van der Waals surface area (Å²) in [7, 11) is 0. The highest BCUT2D eigenvalue weighted by Gasteiger charge is 2.32. The molecule has 21 heavy (non-hydrogen) atoms. The number of allylic oxidation sites excluding steroid dienone is 4. The highest BCUT2D eigenvalue weighted by molar-refractivity contribution is 7.81. The minimum Gasteiger partial charge on any atom is -0.158 e. The van der Waals surface area contributed by atoms with E-state index in [1.54, 1.807) is 0 Å². The van der Waals surface area contributed by atoms with Crippen LogP contribution in [0.15, 0.2) is 102 Å². The lowest BCUT2D eigenvalue weighted by molar-refractivity contribution is 0.904. The Morgan fingerprint density at radius 1 is 0.762 bits per heavy atom. The molecule has 0 aromatic heterocycles. The van der Waals surface area contributed by atoms with E-state index in [1.165, 1.54) is 0 Å². The molecule has 3 rings (SSSR count). The predicted octanol–water partition coefficient (Wildman–Crippen LogP) is 5.07. The van der Waals surface area contributed by atoms with Crippen molar-refractivity contribution in [2.75, 3.05) is 0 Å². The van der Waals surface area contributed by atoms with Crippen LogP contribution in [0, 0.1) is 0 Å². The summed E-state index contributed by atoms with van der Waals surface area (Å²) in [4.78, 5) is 0. The zero-order valence-corrected chi connectivity index (χ0v) is 12.5. The smallest absolute Gasteiger partial charge is 0.0878 e. The van der Waals surface area contributed by atoms with Crippen molar-refractivity contribution in [1.82, 2.24) is 0 Å². The summed E-state index contributed by atoms with van der Waals surface area (Å²) in [6, 6.07) is 20.8. The molecule has 0 bridgehead atoms. The third-order valence-corrected chi connectivity index (χ3v) is 4.40. The maximum atomic E-state index is 5.11. The Labute approximate surface area is 131 Å². The minimum absolute atomic E-state index is 0.477. The molecular weight excluding hydrogens is 272 g/mol. The first-order chi connectivity index (χ1) is 10.3. The first kappa shape index (κ1) is 13.8. The van der Waals surface area contributed by atoms with Gasteiger partial charge in [0.05, 0.1) is 4.75 Å². The van der Waals surface area contributed by atoms with Crippen molar-refractivity contribution in [3.63, 3.8) is 0 Å². The summed E-state index contributed by atoms with van der Waals surface area (Å²) in [6.07, 6.45) is 10.0. The topological polar surface area (TPSA) is 0 Å². The fourth-order valence-corrected chi connectivity index (χ4v) is 3.00. The summed E-state index contributed by atoms with van der Waals surface area (Å²) >= 11 is 5.11. The molecular formula is C20H16S. The van der Waals surface area contributed by atoms with Crippen molar-refractivity contribution in [3.8, 4) is 0 Å². The van der Waals surface area contributed by atoms with Gasteiger partial charge in [-0.25, -0.2) is 0 Å². The Hall–Kier alpha value is -2.21. The first-order valence-corrected chi connectivity index (χ1v) is 7.40.